The Labute approximate surface area is 190 Å². The molecule has 7 nitrogen and oxygen atoms in total. The van der Waals surface area contributed by atoms with Crippen LogP contribution in [0.25, 0.3) is 0 Å². The minimum atomic E-state index is -5.21. The average Bonchev–Trinajstić information content (AvgIpc) is 3.35. The highest BCUT2D eigenvalue weighted by Gasteiger charge is 2.49. The number of carbonyl (C=O) groups is 3. The molecule has 0 saturated carbocycles. The van der Waals surface area contributed by atoms with Crippen LogP contribution in [0.5, 0.6) is 0 Å². The van der Waals surface area contributed by atoms with Crippen LogP contribution in [-0.2, 0) is 16.2 Å². The second-order valence-electron chi connectivity index (χ2n) is 7.18. The Hall–Kier alpha value is -2.52. The molecule has 1 aliphatic rings. The highest BCUT2D eigenvalue weighted by molar-refractivity contribution is 7.16. The van der Waals surface area contributed by atoms with Crippen LogP contribution in [0.3, 0.4) is 0 Å². The number of hydroxylamine groups is 3. The van der Waals surface area contributed by atoms with Crippen molar-refractivity contribution < 1.29 is 50.2 Å². The van der Waals surface area contributed by atoms with E-state index in [1.165, 1.54) is 16.2 Å². The fourth-order valence-electron chi connectivity index (χ4n) is 3.19. The van der Waals surface area contributed by atoms with Gasteiger partial charge in [-0.1, -0.05) is 0 Å². The van der Waals surface area contributed by atoms with Crippen molar-refractivity contribution in [2.75, 3.05) is 26.2 Å². The fraction of sp³-hybridized carbons (Fsp3) is 0.444. The number of hydrogen-bond donors (Lipinski definition) is 0. The zero-order valence-electron chi connectivity index (χ0n) is 16.8. The Balaban J connectivity index is 1.74. The zero-order valence-corrected chi connectivity index (χ0v) is 18.5. The van der Waals surface area contributed by atoms with Crippen LogP contribution in [0, 0.1) is 6.92 Å². The predicted molar refractivity (Wildman–Crippen MR) is 103 cm³/mol. The molecule has 15 heteroatoms. The number of carbonyl (C=O) groups excluding carboxylic acids is 3. The van der Waals surface area contributed by atoms with Gasteiger partial charge in [-0.2, -0.15) is 26.3 Å². The summed E-state index contributed by atoms with van der Waals surface area (Å²) in [5, 5.41) is 2.29. The number of thiophene rings is 1. The van der Waals surface area contributed by atoms with Crippen molar-refractivity contribution in [1.29, 1.82) is 0 Å². The number of halogens is 6. The molecule has 0 aliphatic carbocycles. The maximum Gasteiger partial charge on any atom is 0.497 e. The topological polar surface area (TPSA) is 76.6 Å². The smallest absolute Gasteiger partial charge is 0.326 e. The summed E-state index contributed by atoms with van der Waals surface area (Å²) >= 11 is 1.65. The van der Waals surface area contributed by atoms with Gasteiger partial charge in [0.15, 0.2) is 6.54 Å². The van der Waals surface area contributed by atoms with Gasteiger partial charge in [-0.05, 0) is 19.1 Å². The van der Waals surface area contributed by atoms with E-state index in [9.17, 15) is 40.7 Å². The van der Waals surface area contributed by atoms with Gasteiger partial charge in [0.1, 0.15) is 18.8 Å². The van der Waals surface area contributed by atoms with E-state index in [-0.39, 0.29) is 37.6 Å². The number of aromatic nitrogens is 1. The van der Waals surface area contributed by atoms with Gasteiger partial charge < -0.3 is 4.90 Å². The summed E-state index contributed by atoms with van der Waals surface area (Å²) in [6.07, 6.45) is -10.3. The van der Waals surface area contributed by atoms with Crippen LogP contribution >= 0.6 is 22.7 Å². The quantitative estimate of drug-likeness (QED) is 0.344. The Morgan fingerprint density at radius 1 is 1.06 bits per heavy atom. The van der Waals surface area contributed by atoms with E-state index < -0.39 is 39.5 Å². The molecule has 3 rings (SSSR count). The lowest BCUT2D eigenvalue weighted by atomic mass is 10.2. The molecule has 1 aliphatic heterocycles. The van der Waals surface area contributed by atoms with E-state index >= 15 is 0 Å². The predicted octanol–water partition coefficient (Wildman–Crippen LogP) is 3.75. The molecule has 0 N–H and O–H groups in total. The molecular weight excluding hydrogens is 500 g/mol. The van der Waals surface area contributed by atoms with Crippen molar-refractivity contribution in [2.24, 2.45) is 0 Å². The van der Waals surface area contributed by atoms with Crippen molar-refractivity contribution in [3.63, 3.8) is 0 Å². The summed E-state index contributed by atoms with van der Waals surface area (Å²) in [4.78, 5) is 45.0. The Morgan fingerprint density at radius 2 is 1.67 bits per heavy atom. The fourth-order valence-corrected chi connectivity index (χ4v) is 4.73. The third-order valence-corrected chi connectivity index (χ3v) is 6.66. The molecule has 0 bridgehead atoms. The highest BCUT2D eigenvalue weighted by Crippen LogP contribution is 2.29. The first kappa shape index (κ1) is 25.1. The number of Topliss-reactive ketones (excluding diaryl/α,β-unsaturated/α-hetero) is 1. The number of alkyl halides is 6. The Bertz CT molecular complexity index is 1050. The second-order valence-corrected chi connectivity index (χ2v) is 9.33. The molecule has 2 aromatic rings. The van der Waals surface area contributed by atoms with E-state index in [0.717, 1.165) is 12.1 Å². The van der Waals surface area contributed by atoms with Crippen molar-refractivity contribution in [3.8, 4) is 0 Å². The number of amides is 1. The number of thiazole rings is 1. The summed E-state index contributed by atoms with van der Waals surface area (Å²) in [5.74, 6) is -5.12. The van der Waals surface area contributed by atoms with Crippen LogP contribution in [-0.4, -0.2) is 70.7 Å². The first-order valence-corrected chi connectivity index (χ1v) is 11.0. The van der Waals surface area contributed by atoms with Gasteiger partial charge in [-0.3, -0.25) is 14.4 Å². The molecule has 1 amide bonds. The molecule has 0 radical (unpaired) electrons. The molecule has 180 valence electrons. The van der Waals surface area contributed by atoms with Gasteiger partial charge in [0.25, 0.3) is 11.7 Å². The van der Waals surface area contributed by atoms with Gasteiger partial charge >= 0.3 is 18.3 Å². The van der Waals surface area contributed by atoms with Crippen molar-refractivity contribution in [2.45, 2.75) is 25.8 Å². The normalized spacial score (nSPS) is 16.5. The third kappa shape index (κ3) is 5.89. The van der Waals surface area contributed by atoms with E-state index in [1.807, 2.05) is 0 Å². The zero-order chi connectivity index (χ0) is 24.6. The number of hydrogen-bond acceptors (Lipinski definition) is 7. The lowest BCUT2D eigenvalue weighted by Gasteiger charge is -2.40. The van der Waals surface area contributed by atoms with Crippen molar-refractivity contribution in [3.05, 3.63) is 38.0 Å². The average molecular weight is 516 g/mol. The van der Waals surface area contributed by atoms with Crippen LogP contribution in [0.1, 0.15) is 30.0 Å². The van der Waals surface area contributed by atoms with E-state index in [1.54, 1.807) is 12.3 Å². The number of ketones is 1. The van der Waals surface area contributed by atoms with Gasteiger partial charge in [-0.15, -0.1) is 27.3 Å². The number of quaternary nitrogens is 1. The lowest BCUT2D eigenvalue weighted by molar-refractivity contribution is -1.10. The summed E-state index contributed by atoms with van der Waals surface area (Å²) < 4.78 is 75.5. The first-order valence-electron chi connectivity index (χ1n) is 9.29. The second kappa shape index (κ2) is 9.02. The number of piperazine rings is 1. The summed E-state index contributed by atoms with van der Waals surface area (Å²) in [5.41, 5.74) is 0.417. The standard InChI is InChI=1S/C18H16F6N3O4S2/c1-10-25-11(9-32-10)8-27(31-16(30)18(22,23)24)6-4-26(5-7-27)15(29)13-3-2-12(33-13)14(28)17(19,20)21/h2-3,9H,4-8H2,1H3/q+1. The summed E-state index contributed by atoms with van der Waals surface area (Å²) in [6.45, 7) is 0.919. The van der Waals surface area contributed by atoms with Crippen LogP contribution < -0.4 is 0 Å². The van der Waals surface area contributed by atoms with Gasteiger partial charge in [0.2, 0.25) is 0 Å². The number of nitrogens with zero attached hydrogens (tertiary/aromatic N) is 3. The first-order chi connectivity index (χ1) is 15.2. The molecule has 0 spiro atoms. The van der Waals surface area contributed by atoms with Gasteiger partial charge in [0, 0.05) is 5.38 Å². The van der Waals surface area contributed by atoms with E-state index in [0.29, 0.717) is 22.0 Å². The molecule has 0 atom stereocenters. The molecule has 0 unspecified atom stereocenters. The van der Waals surface area contributed by atoms with E-state index in [4.69, 9.17) is 4.84 Å². The highest BCUT2D eigenvalue weighted by atomic mass is 32.1. The Kier molecular flexibility index (Phi) is 6.87. The molecule has 1 fully saturated rings. The number of rotatable bonds is 5. The molecule has 1 saturated heterocycles. The van der Waals surface area contributed by atoms with Gasteiger partial charge in [-0.25, -0.2) is 9.78 Å². The van der Waals surface area contributed by atoms with Crippen molar-refractivity contribution in [1.82, 2.24) is 9.88 Å². The molecule has 0 aromatic carbocycles. The van der Waals surface area contributed by atoms with E-state index in [2.05, 4.69) is 4.98 Å². The summed E-state index contributed by atoms with van der Waals surface area (Å²) in [7, 11) is 0. The summed E-state index contributed by atoms with van der Waals surface area (Å²) in [6, 6.07) is 1.98. The maximum absolute atomic E-state index is 12.8. The van der Waals surface area contributed by atoms with Crippen molar-refractivity contribution >= 4 is 40.3 Å². The van der Waals surface area contributed by atoms with Crippen LogP contribution in [0.15, 0.2) is 17.5 Å². The molecule has 33 heavy (non-hydrogen) atoms. The molecular formula is C18H16F6N3O4S2+. The maximum atomic E-state index is 12.8. The monoisotopic (exact) mass is 516 g/mol. The minimum absolute atomic E-state index is 0.120. The Morgan fingerprint density at radius 3 is 2.18 bits per heavy atom. The van der Waals surface area contributed by atoms with Gasteiger partial charge in [0.05, 0.1) is 27.9 Å². The number of aryl methyl sites for hydroxylation is 1. The molecule has 3 heterocycles. The molecule has 2 aromatic heterocycles. The third-order valence-electron chi connectivity index (χ3n) is 4.76. The lowest BCUT2D eigenvalue weighted by Crippen LogP contribution is -2.61. The SMILES string of the molecule is Cc1nc(C[N+]2(OC(=O)C(F)(F)F)CCN(C(=O)c3ccc(C(=O)C(F)(F)F)s3)CC2)cs1. The van der Waals surface area contributed by atoms with Crippen LogP contribution in [0.4, 0.5) is 26.3 Å². The van der Waals surface area contributed by atoms with Crippen LogP contribution in [0.2, 0.25) is 0 Å². The minimum Gasteiger partial charge on any atom is -0.326 e. The largest absolute Gasteiger partial charge is 0.497 e.